The van der Waals surface area contributed by atoms with Gasteiger partial charge in [0.15, 0.2) is 0 Å². The summed E-state index contributed by atoms with van der Waals surface area (Å²) in [6.07, 6.45) is 56.7. The Balaban J connectivity index is 1.72. The molecule has 8 heteroatoms. The van der Waals surface area contributed by atoms with Crippen molar-refractivity contribution in [2.24, 2.45) is 23.6 Å². The molecular weight excluding hydrogens is 809 g/mol. The Kier molecular flexibility index (Phi) is 38.6. The predicted octanol–water partition coefficient (Wildman–Crippen LogP) is 14.8. The number of ether oxygens (including phenoxy) is 4. The molecule has 65 heavy (non-hydrogen) atoms. The highest BCUT2D eigenvalue weighted by Gasteiger charge is 2.39. The Hall–Kier alpha value is -2.52. The predicted molar refractivity (Wildman–Crippen MR) is 273 cm³/mol. The molecule has 0 aromatic rings. The summed E-state index contributed by atoms with van der Waals surface area (Å²) in [6, 6.07) is 0. The molecule has 2 rings (SSSR count). The number of allylic oxidation sites excluding steroid dienone is 10. The van der Waals surface area contributed by atoms with Gasteiger partial charge in [-0.15, -0.1) is 0 Å². The first-order valence-electron chi connectivity index (χ1n) is 27.3. The number of carbonyl (C=O) groups excluding carboxylic acids is 2. The summed E-state index contributed by atoms with van der Waals surface area (Å²) in [5.41, 5.74) is 0. The summed E-state index contributed by atoms with van der Waals surface area (Å²) in [7, 11) is 0. The Morgan fingerprint density at radius 3 is 1.69 bits per heavy atom. The highest BCUT2D eigenvalue weighted by Crippen LogP contribution is 2.39. The summed E-state index contributed by atoms with van der Waals surface area (Å²) < 4.78 is 24.5. The van der Waals surface area contributed by atoms with Crippen LogP contribution >= 0.6 is 0 Å². The fourth-order valence-corrected chi connectivity index (χ4v) is 9.11. The first kappa shape index (κ1) is 58.6. The molecule has 2 fully saturated rings. The molecule has 2 N–H and O–H groups in total. The van der Waals surface area contributed by atoms with Crippen molar-refractivity contribution in [2.75, 3.05) is 39.5 Å². The van der Waals surface area contributed by atoms with Crippen LogP contribution < -0.4 is 5.84 Å². The summed E-state index contributed by atoms with van der Waals surface area (Å²) in [5.74, 6) is 6.07. The molecule has 8 nitrogen and oxygen atoms in total. The molecule has 0 aromatic carbocycles. The van der Waals surface area contributed by atoms with Gasteiger partial charge in [-0.2, -0.15) is 0 Å². The van der Waals surface area contributed by atoms with E-state index in [-0.39, 0.29) is 48.5 Å². The lowest BCUT2D eigenvalue weighted by Crippen LogP contribution is -2.30. The lowest BCUT2D eigenvalue weighted by atomic mass is 9.88. The summed E-state index contributed by atoms with van der Waals surface area (Å²) >= 11 is 0. The highest BCUT2D eigenvalue weighted by molar-refractivity contribution is 5.70. The number of unbranched alkanes of at least 4 members (excludes halogenated alkanes) is 18. The molecule has 0 spiro atoms. The van der Waals surface area contributed by atoms with E-state index in [0.717, 1.165) is 77.3 Å². The van der Waals surface area contributed by atoms with Crippen molar-refractivity contribution in [2.45, 2.75) is 232 Å². The number of hydrogen-bond acceptors (Lipinski definition) is 8. The van der Waals surface area contributed by atoms with Crippen LogP contribution in [-0.2, 0) is 28.5 Å². The minimum atomic E-state index is -0.276. The fourth-order valence-electron chi connectivity index (χ4n) is 9.11. The van der Waals surface area contributed by atoms with Crippen molar-refractivity contribution >= 4 is 11.9 Å². The van der Waals surface area contributed by atoms with Gasteiger partial charge >= 0.3 is 11.9 Å². The van der Waals surface area contributed by atoms with Crippen LogP contribution in [0.5, 0.6) is 0 Å². The number of carbonyl (C=O) groups is 2. The van der Waals surface area contributed by atoms with Gasteiger partial charge in [0.1, 0.15) is 18.8 Å². The number of esters is 2. The van der Waals surface area contributed by atoms with E-state index in [1.165, 1.54) is 122 Å². The van der Waals surface area contributed by atoms with Crippen LogP contribution in [0.2, 0.25) is 0 Å². The van der Waals surface area contributed by atoms with Crippen LogP contribution in [0.1, 0.15) is 220 Å². The van der Waals surface area contributed by atoms with E-state index in [0.29, 0.717) is 32.7 Å². The smallest absolute Gasteiger partial charge is 0.306 e. The molecule has 1 aliphatic carbocycles. The summed E-state index contributed by atoms with van der Waals surface area (Å²) in [6.45, 7) is 10.2. The first-order valence-corrected chi connectivity index (χ1v) is 27.3. The molecule has 5 unspecified atom stereocenters. The fraction of sp³-hybridized carbons (Fsp3) is 0.789. The number of rotatable bonds is 43. The Bertz CT molecular complexity index is 1280. The minimum absolute atomic E-state index is 0.109. The van der Waals surface area contributed by atoms with Crippen molar-refractivity contribution in [3.05, 3.63) is 60.8 Å². The molecule has 1 saturated heterocycles. The van der Waals surface area contributed by atoms with E-state index in [2.05, 4.69) is 81.5 Å². The molecule has 2 aliphatic rings. The van der Waals surface area contributed by atoms with Crippen LogP contribution in [0.4, 0.5) is 0 Å². The van der Waals surface area contributed by atoms with Crippen LogP contribution in [0, 0.1) is 17.8 Å². The minimum Gasteiger partial charge on any atom is -0.463 e. The maximum atomic E-state index is 13.4. The molecule has 0 bridgehead atoms. The zero-order valence-electron chi connectivity index (χ0n) is 42.3. The highest BCUT2D eigenvalue weighted by atomic mass is 16.6. The van der Waals surface area contributed by atoms with Gasteiger partial charge in [-0.25, -0.2) is 5.01 Å². The third kappa shape index (κ3) is 33.6. The molecule has 1 heterocycles. The normalized spacial score (nSPS) is 19.9. The van der Waals surface area contributed by atoms with Crippen LogP contribution in [0.3, 0.4) is 0 Å². The number of nitrogens with zero attached hydrogens (tertiary/aromatic N) is 1. The summed E-state index contributed by atoms with van der Waals surface area (Å²) in [5, 5.41) is 1.78. The molecule has 0 radical (unpaired) electrons. The van der Waals surface area contributed by atoms with Crippen LogP contribution in [0.25, 0.3) is 0 Å². The number of hydrogen-bond donors (Lipinski definition) is 1. The van der Waals surface area contributed by atoms with Gasteiger partial charge < -0.3 is 18.9 Å². The lowest BCUT2D eigenvalue weighted by molar-refractivity contribution is -0.153. The maximum absolute atomic E-state index is 13.4. The van der Waals surface area contributed by atoms with E-state index in [1.54, 1.807) is 5.01 Å². The molecular formula is C57H100N2O6. The lowest BCUT2D eigenvalue weighted by Gasteiger charge is -2.24. The third-order valence-corrected chi connectivity index (χ3v) is 13.1. The monoisotopic (exact) mass is 909 g/mol. The van der Waals surface area contributed by atoms with E-state index in [9.17, 15) is 9.59 Å². The second kappa shape index (κ2) is 42.8. The molecule has 5 atom stereocenters. The largest absolute Gasteiger partial charge is 0.463 e. The van der Waals surface area contributed by atoms with E-state index in [1.807, 2.05) is 0 Å². The summed E-state index contributed by atoms with van der Waals surface area (Å²) in [4.78, 5) is 26.3. The van der Waals surface area contributed by atoms with Gasteiger partial charge in [0.25, 0.3) is 0 Å². The van der Waals surface area contributed by atoms with Crippen LogP contribution in [0.15, 0.2) is 60.8 Å². The van der Waals surface area contributed by atoms with Crippen molar-refractivity contribution in [3.8, 4) is 0 Å². The van der Waals surface area contributed by atoms with Gasteiger partial charge in [0.2, 0.25) is 0 Å². The standard InChI is InChI=1S/C57H100N2O6/c1-4-7-10-12-14-16-18-20-22-24-26-28-30-32-34-37-44-62-49-53(63-45-38-35-33-31-29-27-25-23-21-19-17-15-13-11-8-5-2)50-64-56(60)47-52-40-41-55(54(52)39-36-9-6-3)65-57(61)46-51-42-43-59(58)48-51/h9,14-17,20-23,36,51-55H,4-8,10-13,18-19,24-35,37-50,58H2,1-3H3/b16-14-,17-15-,22-20-,23-21-,36-9-. The second-order valence-corrected chi connectivity index (χ2v) is 19.1. The van der Waals surface area contributed by atoms with Crippen molar-refractivity contribution in [1.82, 2.24) is 5.01 Å². The quantitative estimate of drug-likeness (QED) is 0.0279. The van der Waals surface area contributed by atoms with E-state index < -0.39 is 0 Å². The van der Waals surface area contributed by atoms with Gasteiger partial charge in [0, 0.05) is 45.1 Å². The van der Waals surface area contributed by atoms with Gasteiger partial charge in [-0.1, -0.05) is 159 Å². The van der Waals surface area contributed by atoms with Gasteiger partial charge in [-0.05, 0) is 121 Å². The molecule has 1 aliphatic heterocycles. The Morgan fingerprint density at radius 1 is 0.585 bits per heavy atom. The number of nitrogens with two attached hydrogens (primary N) is 1. The van der Waals surface area contributed by atoms with E-state index in [4.69, 9.17) is 24.8 Å². The van der Waals surface area contributed by atoms with Crippen LogP contribution in [-0.4, -0.2) is 68.7 Å². The Morgan fingerprint density at radius 2 is 1.14 bits per heavy atom. The van der Waals surface area contributed by atoms with Crippen molar-refractivity contribution in [3.63, 3.8) is 0 Å². The SMILES string of the molecule is CC/C=C\CC1C(CC(=O)OCC(COCCCCCCCC/C=C\C/C=C\CCCCC)OCCCCCCCC/C=C\C/C=C\CCCCC)CCC1OC(=O)CC1CCN(N)C1. The average molecular weight is 909 g/mol. The van der Waals surface area contributed by atoms with Gasteiger partial charge in [-0.3, -0.25) is 15.4 Å². The zero-order valence-corrected chi connectivity index (χ0v) is 42.3. The molecule has 0 amide bonds. The van der Waals surface area contributed by atoms with Gasteiger partial charge in [0.05, 0.1) is 6.61 Å². The Labute approximate surface area is 400 Å². The average Bonchev–Trinajstić information content (AvgIpc) is 3.88. The van der Waals surface area contributed by atoms with E-state index >= 15 is 0 Å². The second-order valence-electron chi connectivity index (χ2n) is 19.1. The molecule has 1 saturated carbocycles. The number of hydrazine groups is 1. The third-order valence-electron chi connectivity index (χ3n) is 13.1. The zero-order chi connectivity index (χ0) is 46.7. The maximum Gasteiger partial charge on any atom is 0.306 e. The first-order chi connectivity index (χ1) is 32.0. The molecule has 0 aromatic heterocycles. The topological polar surface area (TPSA) is 100 Å². The van der Waals surface area contributed by atoms with Crippen molar-refractivity contribution < 1.29 is 28.5 Å². The van der Waals surface area contributed by atoms with Crippen molar-refractivity contribution in [1.29, 1.82) is 0 Å². The molecule has 374 valence electrons.